The highest BCUT2D eigenvalue weighted by Crippen LogP contribution is 2.56. The molecular formula is C17H10ClF3N4O2. The Morgan fingerprint density at radius 1 is 0.963 bits per heavy atom. The highest BCUT2D eigenvalue weighted by atomic mass is 35.5. The summed E-state index contributed by atoms with van der Waals surface area (Å²) in [5.74, 6) is -3.90. The van der Waals surface area contributed by atoms with Crippen LogP contribution in [-0.2, 0) is 0 Å². The van der Waals surface area contributed by atoms with E-state index in [1.54, 1.807) is 0 Å². The van der Waals surface area contributed by atoms with Crippen molar-refractivity contribution in [2.45, 2.75) is 18.3 Å². The van der Waals surface area contributed by atoms with Crippen molar-refractivity contribution < 1.29 is 13.2 Å². The summed E-state index contributed by atoms with van der Waals surface area (Å²) in [6.45, 7) is 0. The zero-order valence-electron chi connectivity index (χ0n) is 13.4. The van der Waals surface area contributed by atoms with Crippen LogP contribution < -0.4 is 11.2 Å². The van der Waals surface area contributed by atoms with Crippen molar-refractivity contribution in [2.24, 2.45) is 0 Å². The zero-order valence-corrected chi connectivity index (χ0v) is 14.1. The van der Waals surface area contributed by atoms with E-state index in [2.05, 4.69) is 20.2 Å². The standard InChI is InChI=1S/C17H10ClF3N4O2/c18-15-9(3-14(24-25-15)10-5-22-17(27)23-16(10)26)7-1-6(7)8-2-12(20)13(21)4-11(8)19/h2-7H,1H2,(H2,22,23,26,27)/t6-,7-/m0/s1. The van der Waals surface area contributed by atoms with Crippen LogP contribution >= 0.6 is 11.6 Å². The van der Waals surface area contributed by atoms with E-state index in [1.165, 1.54) is 12.3 Å². The molecule has 2 heterocycles. The van der Waals surface area contributed by atoms with Gasteiger partial charge < -0.3 is 4.98 Å². The van der Waals surface area contributed by atoms with E-state index >= 15 is 0 Å². The first kappa shape index (κ1) is 17.5. The molecular weight excluding hydrogens is 385 g/mol. The molecule has 1 fully saturated rings. The third-order valence-corrected chi connectivity index (χ3v) is 4.79. The molecule has 27 heavy (non-hydrogen) atoms. The lowest BCUT2D eigenvalue weighted by Crippen LogP contribution is -2.23. The average Bonchev–Trinajstić information content (AvgIpc) is 3.39. The van der Waals surface area contributed by atoms with Crippen molar-refractivity contribution >= 4 is 11.6 Å². The second-order valence-electron chi connectivity index (χ2n) is 6.20. The van der Waals surface area contributed by atoms with Crippen LogP contribution in [0, 0.1) is 17.5 Å². The summed E-state index contributed by atoms with van der Waals surface area (Å²) in [5.41, 5.74) is -0.515. The van der Waals surface area contributed by atoms with Gasteiger partial charge in [-0.3, -0.25) is 9.78 Å². The van der Waals surface area contributed by atoms with Gasteiger partial charge in [0, 0.05) is 12.3 Å². The van der Waals surface area contributed by atoms with Gasteiger partial charge in [0.2, 0.25) is 0 Å². The molecule has 2 N–H and O–H groups in total. The highest BCUT2D eigenvalue weighted by Gasteiger charge is 2.43. The number of halogens is 4. The van der Waals surface area contributed by atoms with Crippen LogP contribution in [0.4, 0.5) is 13.2 Å². The predicted octanol–water partition coefficient (Wildman–Crippen LogP) is 2.86. The van der Waals surface area contributed by atoms with Gasteiger partial charge in [0.15, 0.2) is 16.8 Å². The Kier molecular flexibility index (Phi) is 4.11. The first-order valence-corrected chi connectivity index (χ1v) is 8.23. The van der Waals surface area contributed by atoms with Crippen LogP contribution in [0.3, 0.4) is 0 Å². The Balaban J connectivity index is 1.71. The van der Waals surface area contributed by atoms with E-state index in [9.17, 15) is 22.8 Å². The van der Waals surface area contributed by atoms with Crippen molar-refractivity contribution in [1.82, 2.24) is 20.2 Å². The molecule has 2 atom stereocenters. The second kappa shape index (κ2) is 6.34. The number of rotatable bonds is 3. The lowest BCUT2D eigenvalue weighted by molar-refractivity contribution is 0.490. The molecule has 1 saturated carbocycles. The molecule has 0 bridgehead atoms. The van der Waals surface area contributed by atoms with Gasteiger partial charge in [-0.25, -0.2) is 18.0 Å². The largest absolute Gasteiger partial charge is 0.325 e. The average molecular weight is 395 g/mol. The third kappa shape index (κ3) is 3.14. The predicted molar refractivity (Wildman–Crippen MR) is 90.1 cm³/mol. The molecule has 138 valence electrons. The molecule has 1 aromatic carbocycles. The van der Waals surface area contributed by atoms with Crippen molar-refractivity contribution in [3.63, 3.8) is 0 Å². The molecule has 4 rings (SSSR count). The molecule has 3 aromatic rings. The molecule has 2 aromatic heterocycles. The Morgan fingerprint density at radius 2 is 1.67 bits per heavy atom. The van der Waals surface area contributed by atoms with Crippen LogP contribution in [0.15, 0.2) is 34.0 Å². The molecule has 0 aliphatic heterocycles. The zero-order chi connectivity index (χ0) is 19.3. The maximum Gasteiger partial charge on any atom is 0.325 e. The van der Waals surface area contributed by atoms with Crippen molar-refractivity contribution in [1.29, 1.82) is 0 Å². The molecule has 6 nitrogen and oxygen atoms in total. The summed E-state index contributed by atoms with van der Waals surface area (Å²) in [5, 5.41) is 7.71. The molecule has 1 aliphatic carbocycles. The number of aromatic amines is 2. The fourth-order valence-corrected chi connectivity index (χ4v) is 3.32. The van der Waals surface area contributed by atoms with E-state index < -0.39 is 34.6 Å². The Morgan fingerprint density at radius 3 is 2.41 bits per heavy atom. The summed E-state index contributed by atoms with van der Waals surface area (Å²) in [6, 6.07) is 2.86. The topological polar surface area (TPSA) is 91.5 Å². The smallest absolute Gasteiger partial charge is 0.313 e. The van der Waals surface area contributed by atoms with Gasteiger partial charge in [-0.2, -0.15) is 0 Å². The highest BCUT2D eigenvalue weighted by molar-refractivity contribution is 6.30. The van der Waals surface area contributed by atoms with Crippen LogP contribution in [0.2, 0.25) is 5.15 Å². The normalized spacial score (nSPS) is 18.5. The van der Waals surface area contributed by atoms with Crippen molar-refractivity contribution in [3.05, 3.63) is 79.0 Å². The van der Waals surface area contributed by atoms with E-state index in [1.807, 2.05) is 0 Å². The molecule has 0 amide bonds. The Hall–Kier alpha value is -2.94. The van der Waals surface area contributed by atoms with E-state index in [4.69, 9.17) is 11.6 Å². The third-order valence-electron chi connectivity index (χ3n) is 4.50. The summed E-state index contributed by atoms with van der Waals surface area (Å²) in [6.07, 6.45) is 1.65. The summed E-state index contributed by atoms with van der Waals surface area (Å²) < 4.78 is 40.6. The number of nitrogens with one attached hydrogen (secondary N) is 2. The van der Waals surface area contributed by atoms with Crippen molar-refractivity contribution in [2.75, 3.05) is 0 Å². The SMILES string of the molecule is O=c1[nH]cc(-c2cc([C@H]3C[C@@H]3c3cc(F)c(F)cc3F)c(Cl)nn2)c(=O)[nH]1. The minimum Gasteiger partial charge on any atom is -0.313 e. The van der Waals surface area contributed by atoms with Crippen LogP contribution in [-0.4, -0.2) is 20.2 Å². The van der Waals surface area contributed by atoms with E-state index in [0.717, 1.165) is 6.07 Å². The first-order chi connectivity index (χ1) is 12.8. The second-order valence-corrected chi connectivity index (χ2v) is 6.56. The molecule has 0 unspecified atom stereocenters. The van der Waals surface area contributed by atoms with Gasteiger partial charge in [0.05, 0.1) is 5.56 Å². The van der Waals surface area contributed by atoms with E-state index in [0.29, 0.717) is 18.1 Å². The lowest BCUT2D eigenvalue weighted by Gasteiger charge is -2.07. The Labute approximate surface area is 154 Å². The first-order valence-electron chi connectivity index (χ1n) is 7.85. The maximum atomic E-state index is 14.0. The molecule has 1 aliphatic rings. The fourth-order valence-electron chi connectivity index (χ4n) is 3.09. The van der Waals surface area contributed by atoms with Gasteiger partial charge in [-0.05, 0) is 41.5 Å². The van der Waals surface area contributed by atoms with Crippen LogP contribution in [0.1, 0.15) is 29.4 Å². The van der Waals surface area contributed by atoms with Gasteiger partial charge in [0.1, 0.15) is 11.5 Å². The molecule has 0 saturated heterocycles. The van der Waals surface area contributed by atoms with Gasteiger partial charge in [-0.1, -0.05) is 11.6 Å². The quantitative estimate of drug-likeness (QED) is 0.668. The molecule has 0 radical (unpaired) electrons. The van der Waals surface area contributed by atoms with E-state index in [-0.39, 0.29) is 27.9 Å². The number of hydrogen-bond acceptors (Lipinski definition) is 4. The number of hydrogen-bond donors (Lipinski definition) is 2. The number of H-pyrrole nitrogens is 2. The lowest BCUT2D eigenvalue weighted by atomic mass is 10.0. The van der Waals surface area contributed by atoms with Gasteiger partial charge in [0.25, 0.3) is 5.56 Å². The summed E-state index contributed by atoms with van der Waals surface area (Å²) in [4.78, 5) is 27.5. The summed E-state index contributed by atoms with van der Waals surface area (Å²) >= 11 is 6.09. The maximum absolute atomic E-state index is 14.0. The number of aromatic nitrogens is 4. The summed E-state index contributed by atoms with van der Waals surface area (Å²) in [7, 11) is 0. The Bertz CT molecular complexity index is 1180. The minimum atomic E-state index is -1.25. The van der Waals surface area contributed by atoms with Crippen LogP contribution in [0.5, 0.6) is 0 Å². The monoisotopic (exact) mass is 394 g/mol. The minimum absolute atomic E-state index is 0.0511. The van der Waals surface area contributed by atoms with Gasteiger partial charge >= 0.3 is 5.69 Å². The van der Waals surface area contributed by atoms with Crippen LogP contribution in [0.25, 0.3) is 11.3 Å². The number of benzene rings is 1. The van der Waals surface area contributed by atoms with Gasteiger partial charge in [-0.15, -0.1) is 10.2 Å². The fraction of sp³-hybridized carbons (Fsp3) is 0.176. The van der Waals surface area contributed by atoms with Crippen molar-refractivity contribution in [3.8, 4) is 11.3 Å². The number of nitrogens with zero attached hydrogens (tertiary/aromatic N) is 2. The molecule has 0 spiro atoms. The molecule has 10 heteroatoms.